The standard InChI is InChI=1S/C69H57N5/c1-39-11-19-54(43(5)27-39)49-15-23-58-59-24-16-50(55-20-12-40(2)28-44(55)6)33-64(59)73(63(58)32-49)67-36-53(69-71-47(9)31-48(10)72-69)37-68(62(67)38-70)74-65-34-51(56-21-13-41(3)29-45(56)7)17-25-60(65)61-26-18-52(35-66(61)74)57-22-14-42(4)30-46(57)8/h11-37H,1-10H3. The summed E-state index contributed by atoms with van der Waals surface area (Å²) >= 11 is 0. The Hall–Kier alpha value is -8.85. The van der Waals surface area contributed by atoms with Crippen molar-refractivity contribution < 1.29 is 0 Å². The van der Waals surface area contributed by atoms with Crippen LogP contribution in [0.25, 0.3) is 111 Å². The number of rotatable bonds is 7. The number of aromatic nitrogens is 4. The minimum atomic E-state index is 0.540. The van der Waals surface area contributed by atoms with Crippen LogP contribution in [-0.2, 0) is 0 Å². The van der Waals surface area contributed by atoms with Crippen LogP contribution in [0.3, 0.4) is 0 Å². The third-order valence-corrected chi connectivity index (χ3v) is 15.2. The van der Waals surface area contributed by atoms with Crippen LogP contribution in [0.5, 0.6) is 0 Å². The van der Waals surface area contributed by atoms with E-state index >= 15 is 0 Å². The molecule has 12 rings (SSSR count). The summed E-state index contributed by atoms with van der Waals surface area (Å²) in [6, 6.07) is 63.2. The number of nitriles is 1. The number of aryl methyl sites for hydroxylation is 10. The fourth-order valence-corrected chi connectivity index (χ4v) is 11.8. The van der Waals surface area contributed by atoms with Crippen LogP contribution in [0.2, 0.25) is 0 Å². The molecule has 358 valence electrons. The molecule has 0 unspecified atom stereocenters. The second-order valence-electron chi connectivity index (χ2n) is 20.8. The van der Waals surface area contributed by atoms with Crippen LogP contribution in [0.4, 0.5) is 0 Å². The van der Waals surface area contributed by atoms with Crippen LogP contribution in [0.15, 0.2) is 164 Å². The summed E-state index contributed by atoms with van der Waals surface area (Å²) in [5.41, 5.74) is 27.5. The van der Waals surface area contributed by atoms with Crippen molar-refractivity contribution in [1.82, 2.24) is 19.1 Å². The average molecular weight is 956 g/mol. The monoisotopic (exact) mass is 955 g/mol. The Balaban J connectivity index is 1.24. The van der Waals surface area contributed by atoms with Crippen LogP contribution < -0.4 is 0 Å². The molecule has 0 aliphatic rings. The van der Waals surface area contributed by atoms with E-state index in [1.807, 2.05) is 19.9 Å². The minimum absolute atomic E-state index is 0.540. The van der Waals surface area contributed by atoms with E-state index in [4.69, 9.17) is 9.97 Å². The summed E-state index contributed by atoms with van der Waals surface area (Å²) in [5, 5.41) is 16.5. The van der Waals surface area contributed by atoms with Gasteiger partial charge in [0.2, 0.25) is 0 Å². The molecule has 0 N–H and O–H groups in total. The number of hydrogen-bond acceptors (Lipinski definition) is 3. The molecular formula is C69H57N5. The average Bonchev–Trinajstić information content (AvgIpc) is 3.86. The minimum Gasteiger partial charge on any atom is -0.308 e. The fraction of sp³-hybridized carbons (Fsp3) is 0.145. The van der Waals surface area contributed by atoms with Crippen LogP contribution >= 0.6 is 0 Å². The Bertz CT molecular complexity index is 3900. The second kappa shape index (κ2) is 17.7. The molecule has 0 aliphatic carbocycles. The van der Waals surface area contributed by atoms with Gasteiger partial charge in [0, 0.05) is 38.5 Å². The Labute approximate surface area is 433 Å². The first-order valence-electron chi connectivity index (χ1n) is 25.6. The lowest BCUT2D eigenvalue weighted by Crippen LogP contribution is -2.06. The molecule has 0 saturated heterocycles. The second-order valence-corrected chi connectivity index (χ2v) is 20.8. The van der Waals surface area contributed by atoms with Gasteiger partial charge in [-0.05, 0) is 178 Å². The molecule has 9 aromatic carbocycles. The Morgan fingerprint density at radius 1 is 0.324 bits per heavy atom. The van der Waals surface area contributed by atoms with Crippen molar-refractivity contribution in [3.63, 3.8) is 0 Å². The van der Waals surface area contributed by atoms with Crippen LogP contribution in [-0.4, -0.2) is 19.1 Å². The van der Waals surface area contributed by atoms with E-state index in [9.17, 15) is 5.26 Å². The summed E-state index contributed by atoms with van der Waals surface area (Å²) in [4.78, 5) is 10.2. The topological polar surface area (TPSA) is 59.4 Å². The van der Waals surface area contributed by atoms with Crippen molar-refractivity contribution in [3.05, 3.63) is 225 Å². The molecule has 0 radical (unpaired) electrons. The SMILES string of the molecule is Cc1ccc(-c2ccc3c4ccc(-c5ccc(C)cc5C)cc4n(-c4cc(-c5nc(C)cc(C)n5)cc(-n5c6cc(-c7ccc(C)cc7C)ccc6c6ccc(-c7ccc(C)cc7C)cc65)c4C#N)c3c2)c(C)c1. The zero-order valence-corrected chi connectivity index (χ0v) is 43.8. The van der Waals surface area contributed by atoms with Gasteiger partial charge in [-0.25, -0.2) is 9.97 Å². The first kappa shape index (κ1) is 46.2. The Morgan fingerprint density at radius 3 is 0.892 bits per heavy atom. The van der Waals surface area contributed by atoms with E-state index in [2.05, 4.69) is 228 Å². The quantitative estimate of drug-likeness (QED) is 0.160. The van der Waals surface area contributed by atoms with Gasteiger partial charge in [0.25, 0.3) is 0 Å². The number of fused-ring (bicyclic) bond motifs is 6. The van der Waals surface area contributed by atoms with Gasteiger partial charge in [-0.3, -0.25) is 0 Å². The highest BCUT2D eigenvalue weighted by molar-refractivity contribution is 6.13. The molecular weight excluding hydrogens is 899 g/mol. The van der Waals surface area contributed by atoms with Crippen molar-refractivity contribution >= 4 is 43.6 Å². The third-order valence-electron chi connectivity index (χ3n) is 15.2. The first-order valence-corrected chi connectivity index (χ1v) is 25.6. The summed E-state index contributed by atoms with van der Waals surface area (Å²) < 4.78 is 4.68. The van der Waals surface area contributed by atoms with Gasteiger partial charge in [0.15, 0.2) is 5.82 Å². The molecule has 3 aromatic heterocycles. The molecule has 0 fully saturated rings. The van der Waals surface area contributed by atoms with Gasteiger partial charge in [0.1, 0.15) is 11.6 Å². The first-order chi connectivity index (χ1) is 35.7. The zero-order chi connectivity index (χ0) is 51.3. The molecule has 0 aliphatic heterocycles. The van der Waals surface area contributed by atoms with Crippen LogP contribution in [0.1, 0.15) is 61.5 Å². The molecule has 0 saturated carbocycles. The summed E-state index contributed by atoms with van der Waals surface area (Å²) in [7, 11) is 0. The molecule has 74 heavy (non-hydrogen) atoms. The molecule has 0 amide bonds. The fourth-order valence-electron chi connectivity index (χ4n) is 11.8. The highest BCUT2D eigenvalue weighted by Crippen LogP contribution is 2.44. The zero-order valence-electron chi connectivity index (χ0n) is 43.8. The normalized spacial score (nSPS) is 11.6. The smallest absolute Gasteiger partial charge is 0.159 e. The maximum absolute atomic E-state index is 12.1. The summed E-state index contributed by atoms with van der Waals surface area (Å²) in [6.45, 7) is 21.4. The van der Waals surface area contributed by atoms with E-state index in [-0.39, 0.29) is 0 Å². The largest absolute Gasteiger partial charge is 0.308 e. The number of nitrogens with zero attached hydrogens (tertiary/aromatic N) is 5. The van der Waals surface area contributed by atoms with Gasteiger partial charge in [-0.1, -0.05) is 144 Å². The predicted octanol–water partition coefficient (Wildman–Crippen LogP) is 18.0. The van der Waals surface area contributed by atoms with Gasteiger partial charge in [-0.2, -0.15) is 5.26 Å². The van der Waals surface area contributed by atoms with Gasteiger partial charge in [-0.15, -0.1) is 0 Å². The lowest BCUT2D eigenvalue weighted by Gasteiger charge is -2.19. The lowest BCUT2D eigenvalue weighted by atomic mass is 9.96. The van der Waals surface area contributed by atoms with Crippen molar-refractivity contribution in [1.29, 1.82) is 5.26 Å². The lowest BCUT2D eigenvalue weighted by molar-refractivity contribution is 1.05. The Kier molecular flexibility index (Phi) is 11.1. The van der Waals surface area contributed by atoms with Crippen molar-refractivity contribution in [2.45, 2.75) is 69.2 Å². The van der Waals surface area contributed by atoms with Gasteiger partial charge < -0.3 is 9.13 Å². The van der Waals surface area contributed by atoms with Crippen molar-refractivity contribution in [2.75, 3.05) is 0 Å². The van der Waals surface area contributed by atoms with Gasteiger partial charge in [0.05, 0.1) is 33.4 Å². The van der Waals surface area contributed by atoms with Crippen LogP contribution in [0, 0.1) is 80.6 Å². The van der Waals surface area contributed by atoms with E-state index < -0.39 is 0 Å². The molecule has 12 aromatic rings. The summed E-state index contributed by atoms with van der Waals surface area (Å²) in [5.74, 6) is 0.606. The highest BCUT2D eigenvalue weighted by Gasteiger charge is 2.25. The number of benzene rings is 9. The molecule has 0 bridgehead atoms. The molecule has 0 spiro atoms. The van der Waals surface area contributed by atoms with Gasteiger partial charge >= 0.3 is 0 Å². The Morgan fingerprint density at radius 2 is 0.622 bits per heavy atom. The van der Waals surface area contributed by atoms with Crippen molar-refractivity contribution in [2.24, 2.45) is 0 Å². The molecule has 5 heteroatoms. The summed E-state index contributed by atoms with van der Waals surface area (Å²) in [6.07, 6.45) is 0. The highest BCUT2D eigenvalue weighted by atomic mass is 15.0. The molecule has 5 nitrogen and oxygen atoms in total. The maximum Gasteiger partial charge on any atom is 0.159 e. The van der Waals surface area contributed by atoms with E-state index in [1.165, 1.54) is 66.8 Å². The van der Waals surface area contributed by atoms with Crippen molar-refractivity contribution in [3.8, 4) is 73.3 Å². The van der Waals surface area contributed by atoms with E-state index in [0.29, 0.717) is 11.4 Å². The maximum atomic E-state index is 12.1. The van der Waals surface area contributed by atoms with E-state index in [1.54, 1.807) is 0 Å². The predicted molar refractivity (Wildman–Crippen MR) is 310 cm³/mol. The number of hydrogen-bond donors (Lipinski definition) is 0. The molecule has 0 atom stereocenters. The molecule has 3 heterocycles. The van der Waals surface area contributed by atoms with E-state index in [0.717, 1.165) is 94.2 Å². The third kappa shape index (κ3) is 7.77.